The number of aromatic nitrogens is 4. The number of carbonyl (C=O) groups excluding carboxylic acids is 1. The van der Waals surface area contributed by atoms with E-state index in [1.807, 2.05) is 37.3 Å². The van der Waals surface area contributed by atoms with Crippen molar-refractivity contribution in [1.29, 1.82) is 0 Å². The lowest BCUT2D eigenvalue weighted by Crippen LogP contribution is -2.01. The zero-order valence-electron chi connectivity index (χ0n) is 12.3. The van der Waals surface area contributed by atoms with Crippen LogP contribution in [0, 0.1) is 6.92 Å². The zero-order chi connectivity index (χ0) is 15.8. The molecule has 6 heteroatoms. The van der Waals surface area contributed by atoms with Gasteiger partial charge in [-0.1, -0.05) is 0 Å². The van der Waals surface area contributed by atoms with E-state index in [0.717, 1.165) is 16.1 Å². The molecule has 4 aromatic rings. The molecular formula is C17H12N4OS. The van der Waals surface area contributed by atoms with Crippen LogP contribution in [0.4, 0.5) is 0 Å². The van der Waals surface area contributed by atoms with Crippen molar-refractivity contribution in [3.05, 3.63) is 70.4 Å². The van der Waals surface area contributed by atoms with E-state index in [0.29, 0.717) is 16.1 Å². The number of nitrogens with zero attached hydrogens (tertiary/aromatic N) is 4. The first-order chi connectivity index (χ1) is 11.2. The number of thiophene rings is 1. The number of carbonyl (C=O) groups is 1. The first kappa shape index (κ1) is 13.8. The van der Waals surface area contributed by atoms with Gasteiger partial charge in [-0.3, -0.25) is 9.78 Å². The van der Waals surface area contributed by atoms with Crippen molar-refractivity contribution in [2.75, 3.05) is 0 Å². The Hall–Kier alpha value is -2.86. The third-order valence-electron chi connectivity index (χ3n) is 3.59. The predicted molar refractivity (Wildman–Crippen MR) is 88.7 cm³/mol. The van der Waals surface area contributed by atoms with E-state index in [9.17, 15) is 4.79 Å². The average molecular weight is 320 g/mol. The van der Waals surface area contributed by atoms with Crippen molar-refractivity contribution in [1.82, 2.24) is 19.6 Å². The number of rotatable bonds is 3. The van der Waals surface area contributed by atoms with Crippen LogP contribution in [0.15, 0.2) is 55.1 Å². The van der Waals surface area contributed by atoms with Gasteiger partial charge in [-0.2, -0.15) is 5.10 Å². The minimum absolute atomic E-state index is 0.0440. The summed E-state index contributed by atoms with van der Waals surface area (Å²) >= 11 is 1.48. The predicted octanol–water partition coefficient (Wildman–Crippen LogP) is 3.39. The number of hydrogen-bond donors (Lipinski definition) is 0. The molecule has 0 radical (unpaired) electrons. The minimum atomic E-state index is -0.0440. The van der Waals surface area contributed by atoms with Crippen LogP contribution in [-0.2, 0) is 0 Å². The Morgan fingerprint density at radius 1 is 1.09 bits per heavy atom. The molecule has 0 aliphatic heterocycles. The monoisotopic (exact) mass is 320 g/mol. The topological polar surface area (TPSA) is 60.2 Å². The molecule has 0 aromatic carbocycles. The molecule has 5 nitrogen and oxygen atoms in total. The SMILES string of the molecule is Cc1ccc(C(=O)c2cnn3c(-c4ccncc4)ccnc23)s1. The van der Waals surface area contributed by atoms with Crippen LogP contribution in [-0.4, -0.2) is 25.4 Å². The highest BCUT2D eigenvalue weighted by molar-refractivity contribution is 7.14. The number of pyridine rings is 1. The van der Waals surface area contributed by atoms with Crippen molar-refractivity contribution in [3.63, 3.8) is 0 Å². The summed E-state index contributed by atoms with van der Waals surface area (Å²) in [5.74, 6) is -0.0440. The second-order valence-electron chi connectivity index (χ2n) is 5.10. The molecule has 0 fully saturated rings. The van der Waals surface area contributed by atoms with Crippen LogP contribution >= 0.6 is 11.3 Å². The van der Waals surface area contributed by atoms with E-state index in [1.165, 1.54) is 11.3 Å². The normalized spacial score (nSPS) is 11.0. The van der Waals surface area contributed by atoms with E-state index < -0.39 is 0 Å². The summed E-state index contributed by atoms with van der Waals surface area (Å²) in [6.45, 7) is 1.98. The van der Waals surface area contributed by atoms with Crippen LogP contribution in [0.1, 0.15) is 20.1 Å². The summed E-state index contributed by atoms with van der Waals surface area (Å²) in [5, 5.41) is 4.37. The van der Waals surface area contributed by atoms with Gasteiger partial charge in [-0.25, -0.2) is 9.50 Å². The van der Waals surface area contributed by atoms with Crippen molar-refractivity contribution < 1.29 is 4.79 Å². The van der Waals surface area contributed by atoms with E-state index in [4.69, 9.17) is 0 Å². The molecule has 23 heavy (non-hydrogen) atoms. The molecule has 0 saturated heterocycles. The molecular weight excluding hydrogens is 308 g/mol. The molecule has 0 aliphatic rings. The van der Waals surface area contributed by atoms with Crippen LogP contribution in [0.5, 0.6) is 0 Å². The van der Waals surface area contributed by atoms with Crippen molar-refractivity contribution in [2.45, 2.75) is 6.92 Å². The Morgan fingerprint density at radius 3 is 2.65 bits per heavy atom. The van der Waals surface area contributed by atoms with Gasteiger partial charge in [0.05, 0.1) is 22.3 Å². The van der Waals surface area contributed by atoms with Gasteiger partial charge in [0.1, 0.15) is 0 Å². The first-order valence-corrected chi connectivity index (χ1v) is 7.90. The van der Waals surface area contributed by atoms with Crippen LogP contribution in [0.2, 0.25) is 0 Å². The smallest absolute Gasteiger partial charge is 0.208 e. The Balaban J connectivity index is 1.87. The van der Waals surface area contributed by atoms with Gasteiger partial charge in [-0.05, 0) is 37.3 Å². The molecule has 0 spiro atoms. The van der Waals surface area contributed by atoms with E-state index in [1.54, 1.807) is 29.3 Å². The van der Waals surface area contributed by atoms with Crippen LogP contribution < -0.4 is 0 Å². The summed E-state index contributed by atoms with van der Waals surface area (Å²) in [5.41, 5.74) is 2.93. The van der Waals surface area contributed by atoms with Gasteiger partial charge >= 0.3 is 0 Å². The number of aryl methyl sites for hydroxylation is 1. The molecule has 0 bridgehead atoms. The van der Waals surface area contributed by atoms with Gasteiger partial charge in [0.15, 0.2) is 5.65 Å². The summed E-state index contributed by atoms with van der Waals surface area (Å²) in [7, 11) is 0. The van der Waals surface area contributed by atoms with Gasteiger partial charge in [-0.15, -0.1) is 11.3 Å². The van der Waals surface area contributed by atoms with E-state index in [-0.39, 0.29) is 5.78 Å². The van der Waals surface area contributed by atoms with E-state index in [2.05, 4.69) is 15.1 Å². The summed E-state index contributed by atoms with van der Waals surface area (Å²) in [6.07, 6.45) is 6.74. The molecule has 0 amide bonds. The summed E-state index contributed by atoms with van der Waals surface area (Å²) < 4.78 is 1.70. The van der Waals surface area contributed by atoms with Crippen molar-refractivity contribution in [3.8, 4) is 11.3 Å². The third-order valence-corrected chi connectivity index (χ3v) is 4.59. The number of ketones is 1. The van der Waals surface area contributed by atoms with Crippen LogP contribution in [0.3, 0.4) is 0 Å². The van der Waals surface area contributed by atoms with Crippen molar-refractivity contribution in [2.24, 2.45) is 0 Å². The Morgan fingerprint density at radius 2 is 1.91 bits per heavy atom. The average Bonchev–Trinajstić information content (AvgIpc) is 3.21. The van der Waals surface area contributed by atoms with Crippen molar-refractivity contribution >= 4 is 22.8 Å². The fourth-order valence-corrected chi connectivity index (χ4v) is 3.30. The van der Waals surface area contributed by atoms with Gasteiger partial charge in [0, 0.05) is 29.0 Å². The van der Waals surface area contributed by atoms with E-state index >= 15 is 0 Å². The number of fused-ring (bicyclic) bond motifs is 1. The van der Waals surface area contributed by atoms with Gasteiger partial charge in [0.25, 0.3) is 0 Å². The lowest BCUT2D eigenvalue weighted by atomic mass is 10.1. The maximum Gasteiger partial charge on any atom is 0.208 e. The second-order valence-corrected chi connectivity index (χ2v) is 6.39. The molecule has 112 valence electrons. The second kappa shape index (κ2) is 5.40. The summed E-state index contributed by atoms with van der Waals surface area (Å²) in [4.78, 5) is 22.9. The molecule has 4 rings (SSSR count). The lowest BCUT2D eigenvalue weighted by molar-refractivity contribution is 0.104. The van der Waals surface area contributed by atoms with Gasteiger partial charge < -0.3 is 0 Å². The Labute approximate surface area is 136 Å². The highest BCUT2D eigenvalue weighted by Crippen LogP contribution is 2.24. The molecule has 0 saturated carbocycles. The Kier molecular flexibility index (Phi) is 3.24. The zero-order valence-corrected chi connectivity index (χ0v) is 13.1. The highest BCUT2D eigenvalue weighted by Gasteiger charge is 2.18. The van der Waals surface area contributed by atoms with Gasteiger partial charge in [0.2, 0.25) is 5.78 Å². The molecule has 4 aromatic heterocycles. The maximum absolute atomic E-state index is 12.7. The molecule has 4 heterocycles. The number of hydrogen-bond acceptors (Lipinski definition) is 5. The quantitative estimate of drug-likeness (QED) is 0.543. The first-order valence-electron chi connectivity index (χ1n) is 7.08. The third kappa shape index (κ3) is 2.33. The summed E-state index contributed by atoms with van der Waals surface area (Å²) in [6, 6.07) is 9.47. The minimum Gasteiger partial charge on any atom is -0.287 e. The fourth-order valence-electron chi connectivity index (χ4n) is 2.48. The molecule has 0 N–H and O–H groups in total. The fraction of sp³-hybridized carbons (Fsp3) is 0.0588. The molecule has 0 unspecified atom stereocenters. The van der Waals surface area contributed by atoms with Crippen LogP contribution in [0.25, 0.3) is 16.9 Å². The highest BCUT2D eigenvalue weighted by atomic mass is 32.1. The lowest BCUT2D eigenvalue weighted by Gasteiger charge is -2.04. The largest absolute Gasteiger partial charge is 0.287 e. The maximum atomic E-state index is 12.7. The standard InChI is InChI=1S/C17H12N4OS/c1-11-2-3-15(23-11)16(22)13-10-20-21-14(6-9-19-17(13)21)12-4-7-18-8-5-12/h2-10H,1H3. The molecule has 0 aliphatic carbocycles. The Bertz CT molecular complexity index is 1000. The molecule has 0 atom stereocenters.